The highest BCUT2D eigenvalue weighted by Gasteiger charge is 2.37. The second-order valence-corrected chi connectivity index (χ2v) is 6.03. The molecular weight excluding hydrogens is 337 g/mol. The van der Waals surface area contributed by atoms with Gasteiger partial charge in [-0.1, -0.05) is 0 Å². The van der Waals surface area contributed by atoms with Gasteiger partial charge >= 0.3 is 13.5 Å². The topological polar surface area (TPSA) is 184 Å². The van der Waals surface area contributed by atoms with Crippen molar-refractivity contribution in [3.8, 4) is 0 Å². The van der Waals surface area contributed by atoms with Crippen molar-refractivity contribution in [1.29, 1.82) is 0 Å². The number of rotatable bonds is 6. The minimum Gasteiger partial charge on any atom is -0.391 e. The molecule has 13 heteroatoms. The summed E-state index contributed by atoms with van der Waals surface area (Å²) in [5.74, 6) is -0.214. The van der Waals surface area contributed by atoms with Crippen molar-refractivity contribution in [2.75, 3.05) is 12.1 Å². The van der Waals surface area contributed by atoms with E-state index in [-0.39, 0.29) is 17.8 Å². The van der Waals surface area contributed by atoms with Crippen LogP contribution in [-0.2, 0) is 20.4 Å². The number of phosphoric acid groups is 1. The van der Waals surface area contributed by atoms with Gasteiger partial charge in [0.25, 0.3) is 0 Å². The molecule has 1 aromatic rings. The molecule has 0 aromatic carbocycles. The number of aromatic nitrogens is 2. The average Bonchev–Trinajstić information content (AvgIpc) is 2.85. The number of phosphoric ester groups is 1. The first-order chi connectivity index (χ1) is 10.7. The van der Waals surface area contributed by atoms with E-state index in [1.807, 2.05) is 0 Å². The van der Waals surface area contributed by atoms with Gasteiger partial charge in [0.05, 0.1) is 19.3 Å². The minimum atomic E-state index is -4.71. The van der Waals surface area contributed by atoms with Gasteiger partial charge in [-0.25, -0.2) is 9.36 Å². The molecule has 6 N–H and O–H groups in total. The van der Waals surface area contributed by atoms with Crippen molar-refractivity contribution in [2.24, 2.45) is 0 Å². The highest BCUT2D eigenvalue weighted by molar-refractivity contribution is 7.46. The average molecular weight is 353 g/mol. The molecule has 0 unspecified atom stereocenters. The van der Waals surface area contributed by atoms with E-state index in [1.54, 1.807) is 5.48 Å². The molecule has 1 aliphatic heterocycles. The molecule has 1 fully saturated rings. The first-order valence-electron chi connectivity index (χ1n) is 6.41. The Hall–Kier alpha value is -1.37. The summed E-state index contributed by atoms with van der Waals surface area (Å²) in [5.41, 5.74) is 0.977. The van der Waals surface area contributed by atoms with Crippen LogP contribution in [0, 0.1) is 0 Å². The zero-order valence-electron chi connectivity index (χ0n) is 11.6. The van der Waals surface area contributed by atoms with Crippen LogP contribution in [0.1, 0.15) is 18.2 Å². The quantitative estimate of drug-likeness (QED) is 0.253. The number of hydrogen-bond donors (Lipinski definition) is 6. The molecule has 130 valence electrons. The fraction of sp³-hybridized carbons (Fsp3) is 0.600. The highest BCUT2D eigenvalue weighted by atomic mass is 31.2. The Kier molecular flexibility index (Phi) is 5.49. The van der Waals surface area contributed by atoms with Crippen LogP contribution >= 0.6 is 7.82 Å². The molecule has 0 bridgehead atoms. The Morgan fingerprint density at radius 2 is 2.22 bits per heavy atom. The predicted octanol–water partition coefficient (Wildman–Crippen LogP) is -1.71. The third-order valence-electron chi connectivity index (χ3n) is 3.23. The van der Waals surface area contributed by atoms with Crippen LogP contribution in [0.5, 0.6) is 0 Å². The smallest absolute Gasteiger partial charge is 0.391 e. The van der Waals surface area contributed by atoms with Crippen LogP contribution in [0.2, 0.25) is 0 Å². The normalized spacial score (nSPS) is 24.8. The van der Waals surface area contributed by atoms with E-state index in [9.17, 15) is 19.6 Å². The number of aliphatic hydroxyl groups excluding tert-OH is 2. The molecule has 0 spiro atoms. The largest absolute Gasteiger partial charge is 0.469 e. The van der Waals surface area contributed by atoms with Crippen LogP contribution < -0.4 is 11.2 Å². The van der Waals surface area contributed by atoms with Gasteiger partial charge in [-0.2, -0.15) is 4.98 Å². The fourth-order valence-electron chi connectivity index (χ4n) is 2.13. The van der Waals surface area contributed by atoms with Crippen molar-refractivity contribution in [2.45, 2.75) is 31.5 Å². The standard InChI is InChI=1S/C10H16N3O9P/c14-3-5-2-13(10(16)11-9(5)12-17)8-1-6(15)7(22-8)4-21-23(18,19)20/h2,6-8,14-15,17H,1,3-4H2,(H,11,12,16)(H2,18,19,20)/t6-,7+,8+/m0/s1. The van der Waals surface area contributed by atoms with Crippen molar-refractivity contribution < 1.29 is 39.0 Å². The molecule has 1 saturated heterocycles. The van der Waals surface area contributed by atoms with Gasteiger partial charge in [0.15, 0.2) is 5.82 Å². The second-order valence-electron chi connectivity index (χ2n) is 4.79. The molecule has 0 aliphatic carbocycles. The molecule has 0 amide bonds. The minimum absolute atomic E-state index is 0.0481. The third kappa shape index (κ3) is 4.34. The summed E-state index contributed by atoms with van der Waals surface area (Å²) < 4.78 is 21.3. The Bertz CT molecular complexity index is 659. The van der Waals surface area contributed by atoms with Crippen LogP contribution in [0.25, 0.3) is 0 Å². The van der Waals surface area contributed by atoms with Crippen molar-refractivity contribution >= 4 is 13.6 Å². The lowest BCUT2D eigenvalue weighted by molar-refractivity contribution is -0.0451. The van der Waals surface area contributed by atoms with E-state index in [2.05, 4.69) is 9.51 Å². The zero-order valence-corrected chi connectivity index (χ0v) is 12.5. The lowest BCUT2D eigenvalue weighted by Crippen LogP contribution is -2.29. The monoisotopic (exact) mass is 353 g/mol. The molecule has 3 atom stereocenters. The first-order valence-corrected chi connectivity index (χ1v) is 7.95. The molecule has 0 saturated carbocycles. The molecule has 1 aromatic heterocycles. The SMILES string of the molecule is O=c1nc(NO)c(CO)cn1[C@H]1C[C@H](O)[C@@H](COP(=O)(O)O)O1. The van der Waals surface area contributed by atoms with Crippen LogP contribution in [-0.4, -0.2) is 53.6 Å². The van der Waals surface area contributed by atoms with E-state index in [4.69, 9.17) is 19.7 Å². The maximum absolute atomic E-state index is 11.9. The first kappa shape index (κ1) is 18.0. The van der Waals surface area contributed by atoms with Crippen molar-refractivity contribution in [3.05, 3.63) is 22.2 Å². The summed E-state index contributed by atoms with van der Waals surface area (Å²) in [6.45, 7) is -1.08. The van der Waals surface area contributed by atoms with Gasteiger partial charge < -0.3 is 24.7 Å². The number of ether oxygens (including phenoxy) is 1. The zero-order chi connectivity index (χ0) is 17.2. The fourth-order valence-corrected chi connectivity index (χ4v) is 2.48. The summed E-state index contributed by atoms with van der Waals surface area (Å²) in [6, 6.07) is 0. The number of hydrogen-bond acceptors (Lipinski definition) is 9. The highest BCUT2D eigenvalue weighted by Crippen LogP contribution is 2.38. The lowest BCUT2D eigenvalue weighted by Gasteiger charge is -2.17. The van der Waals surface area contributed by atoms with Crippen molar-refractivity contribution in [3.63, 3.8) is 0 Å². The number of nitrogens with zero attached hydrogens (tertiary/aromatic N) is 2. The van der Waals surface area contributed by atoms with Crippen LogP contribution in [0.4, 0.5) is 5.82 Å². The van der Waals surface area contributed by atoms with Crippen molar-refractivity contribution in [1.82, 2.24) is 9.55 Å². The molecule has 0 radical (unpaired) electrons. The van der Waals surface area contributed by atoms with Gasteiger partial charge in [0, 0.05) is 18.2 Å². The second kappa shape index (κ2) is 7.03. The number of aliphatic hydroxyl groups is 2. The molecule has 2 rings (SSSR count). The Balaban J connectivity index is 2.17. The Morgan fingerprint density at radius 1 is 1.52 bits per heavy atom. The van der Waals surface area contributed by atoms with Gasteiger partial charge in [0.1, 0.15) is 12.3 Å². The van der Waals surface area contributed by atoms with E-state index in [0.29, 0.717) is 0 Å². The molecule has 1 aliphatic rings. The summed E-state index contributed by atoms with van der Waals surface area (Å²) in [7, 11) is -4.71. The van der Waals surface area contributed by atoms with E-state index >= 15 is 0 Å². The Morgan fingerprint density at radius 3 is 2.78 bits per heavy atom. The van der Waals surface area contributed by atoms with E-state index < -0.39 is 45.2 Å². The maximum Gasteiger partial charge on any atom is 0.469 e. The van der Waals surface area contributed by atoms with Crippen LogP contribution in [0.3, 0.4) is 0 Å². The summed E-state index contributed by atoms with van der Waals surface area (Å²) in [4.78, 5) is 32.7. The summed E-state index contributed by atoms with van der Waals surface area (Å²) in [6.07, 6.45) is -1.99. The maximum atomic E-state index is 11.9. The number of nitrogens with one attached hydrogen (secondary N) is 1. The molecule has 2 heterocycles. The summed E-state index contributed by atoms with van der Waals surface area (Å²) in [5, 5.41) is 27.8. The third-order valence-corrected chi connectivity index (χ3v) is 3.71. The van der Waals surface area contributed by atoms with E-state index in [1.165, 1.54) is 6.20 Å². The van der Waals surface area contributed by atoms with Gasteiger partial charge in [0.2, 0.25) is 0 Å². The van der Waals surface area contributed by atoms with Gasteiger partial charge in [-0.05, 0) is 0 Å². The predicted molar refractivity (Wildman–Crippen MR) is 72.4 cm³/mol. The lowest BCUT2D eigenvalue weighted by atomic mass is 10.2. The molecular formula is C10H16N3O9P. The van der Waals surface area contributed by atoms with E-state index in [0.717, 1.165) is 4.57 Å². The van der Waals surface area contributed by atoms with Crippen LogP contribution in [0.15, 0.2) is 11.0 Å². The number of anilines is 1. The van der Waals surface area contributed by atoms with Gasteiger partial charge in [-0.15, -0.1) is 0 Å². The van der Waals surface area contributed by atoms with Gasteiger partial charge in [-0.3, -0.25) is 19.8 Å². The Labute approximate surface area is 129 Å². The molecule has 23 heavy (non-hydrogen) atoms. The molecule has 12 nitrogen and oxygen atoms in total. The summed E-state index contributed by atoms with van der Waals surface area (Å²) >= 11 is 0.